The number of hydrogen-bond donors (Lipinski definition) is 3. The smallest absolute Gasteiger partial charge is 0.303 e. The van der Waals surface area contributed by atoms with Crippen LogP contribution >= 0.6 is 0 Å². The predicted molar refractivity (Wildman–Crippen MR) is 119 cm³/mol. The Morgan fingerprint density at radius 1 is 0.710 bits per heavy atom. The lowest BCUT2D eigenvalue weighted by atomic mass is 10.1. The van der Waals surface area contributed by atoms with Crippen molar-refractivity contribution in [3.63, 3.8) is 0 Å². The molecule has 174 valence electrons. The summed E-state index contributed by atoms with van der Waals surface area (Å²) in [7, 11) is 0. The molecular formula is C24H37NO6. The molecule has 1 aromatic rings. The Kier molecular flexibility index (Phi) is 14.6. The Labute approximate surface area is 185 Å². The maximum absolute atomic E-state index is 12.1. The van der Waals surface area contributed by atoms with Crippen LogP contribution in [-0.2, 0) is 20.9 Å². The Hall–Kier alpha value is -2.57. The van der Waals surface area contributed by atoms with Gasteiger partial charge in [-0.15, -0.1) is 0 Å². The summed E-state index contributed by atoms with van der Waals surface area (Å²) >= 11 is 0. The Balaban J connectivity index is 2.07. The first-order valence-corrected chi connectivity index (χ1v) is 11.4. The molecule has 0 bridgehead atoms. The predicted octanol–water partition coefficient (Wildman–Crippen LogP) is 4.92. The highest BCUT2D eigenvalue weighted by Gasteiger charge is 2.06. The van der Waals surface area contributed by atoms with Crippen molar-refractivity contribution in [3.8, 4) is 5.75 Å². The molecule has 3 N–H and O–H groups in total. The minimum atomic E-state index is -0.836. The summed E-state index contributed by atoms with van der Waals surface area (Å²) in [4.78, 5) is 33.1. The standard InChI is InChI=1S/C24H37NO6/c26-22(15-8-6-4-2-1-3-5-7-9-16-23(27)28)25-19-20-13-10-11-14-21(20)31-18-12-17-24(29)30/h10-11,13-14H,1-9,12,15-19H2,(H,25,26)(H,27,28)(H,29,30). The number of ether oxygens (including phenoxy) is 1. The van der Waals surface area contributed by atoms with Gasteiger partial charge in [0.15, 0.2) is 0 Å². The van der Waals surface area contributed by atoms with E-state index in [0.717, 1.165) is 56.9 Å². The number of unbranched alkanes of at least 4 members (excludes halogenated alkanes) is 8. The number of carboxylic acid groups (broad SMARTS) is 2. The van der Waals surface area contributed by atoms with E-state index in [0.29, 0.717) is 31.7 Å². The van der Waals surface area contributed by atoms with Crippen molar-refractivity contribution in [2.75, 3.05) is 6.61 Å². The number of hydrogen-bond acceptors (Lipinski definition) is 4. The average Bonchev–Trinajstić information content (AvgIpc) is 2.74. The second-order valence-corrected chi connectivity index (χ2v) is 7.81. The van der Waals surface area contributed by atoms with E-state index in [1.54, 1.807) is 0 Å². The van der Waals surface area contributed by atoms with Gasteiger partial charge in [0.25, 0.3) is 0 Å². The molecule has 7 nitrogen and oxygen atoms in total. The molecule has 0 unspecified atom stereocenters. The number of rotatable bonds is 19. The minimum Gasteiger partial charge on any atom is -0.493 e. The summed E-state index contributed by atoms with van der Waals surface area (Å²) in [5.41, 5.74) is 0.884. The summed E-state index contributed by atoms with van der Waals surface area (Å²) in [6.45, 7) is 0.732. The Morgan fingerprint density at radius 2 is 1.23 bits per heavy atom. The normalized spacial score (nSPS) is 10.6. The van der Waals surface area contributed by atoms with Crippen LogP contribution < -0.4 is 10.1 Å². The monoisotopic (exact) mass is 435 g/mol. The molecule has 0 spiro atoms. The number of carbonyl (C=O) groups is 3. The van der Waals surface area contributed by atoms with Gasteiger partial charge in [-0.25, -0.2) is 0 Å². The number of nitrogens with one attached hydrogen (secondary N) is 1. The fourth-order valence-electron chi connectivity index (χ4n) is 3.28. The van der Waals surface area contributed by atoms with Crippen molar-refractivity contribution in [2.24, 2.45) is 0 Å². The van der Waals surface area contributed by atoms with Crippen molar-refractivity contribution in [3.05, 3.63) is 29.8 Å². The molecule has 1 amide bonds. The first-order valence-electron chi connectivity index (χ1n) is 11.4. The van der Waals surface area contributed by atoms with Crippen LogP contribution in [0.4, 0.5) is 0 Å². The number of carboxylic acids is 2. The van der Waals surface area contributed by atoms with Gasteiger partial charge in [-0.2, -0.15) is 0 Å². The van der Waals surface area contributed by atoms with E-state index in [9.17, 15) is 14.4 Å². The van der Waals surface area contributed by atoms with Crippen molar-refractivity contribution < 1.29 is 29.3 Å². The molecule has 0 aliphatic rings. The molecule has 0 aromatic heterocycles. The highest BCUT2D eigenvalue weighted by atomic mass is 16.5. The lowest BCUT2D eigenvalue weighted by Crippen LogP contribution is -2.22. The molecule has 0 heterocycles. The summed E-state index contributed by atoms with van der Waals surface area (Å²) in [6, 6.07) is 7.47. The molecular weight excluding hydrogens is 398 g/mol. The molecule has 0 aliphatic heterocycles. The van der Waals surface area contributed by atoms with Crippen LogP contribution in [-0.4, -0.2) is 34.7 Å². The van der Waals surface area contributed by atoms with Gasteiger partial charge in [-0.3, -0.25) is 14.4 Å². The van der Waals surface area contributed by atoms with Gasteiger partial charge in [0.2, 0.25) is 5.91 Å². The largest absolute Gasteiger partial charge is 0.493 e. The zero-order valence-electron chi connectivity index (χ0n) is 18.4. The number of para-hydroxylation sites is 1. The van der Waals surface area contributed by atoms with E-state index in [2.05, 4.69) is 5.32 Å². The molecule has 7 heteroatoms. The number of aliphatic carboxylic acids is 2. The molecule has 0 saturated heterocycles. The molecule has 0 fully saturated rings. The topological polar surface area (TPSA) is 113 Å². The van der Waals surface area contributed by atoms with Gasteiger partial charge in [0.05, 0.1) is 6.61 Å². The highest BCUT2D eigenvalue weighted by Crippen LogP contribution is 2.18. The summed E-state index contributed by atoms with van der Waals surface area (Å²) in [5, 5.41) is 20.2. The molecule has 1 aromatic carbocycles. The van der Waals surface area contributed by atoms with Crippen molar-refractivity contribution in [2.45, 2.75) is 90.0 Å². The summed E-state index contributed by atoms with van der Waals surface area (Å²) < 4.78 is 5.66. The summed E-state index contributed by atoms with van der Waals surface area (Å²) in [6.07, 6.45) is 10.7. The second kappa shape index (κ2) is 17.1. The van der Waals surface area contributed by atoms with E-state index >= 15 is 0 Å². The van der Waals surface area contributed by atoms with Crippen LogP contribution in [0.3, 0.4) is 0 Å². The SMILES string of the molecule is O=C(O)CCCCCCCCCCCC(=O)NCc1ccccc1OCCCC(=O)O. The van der Waals surface area contributed by atoms with E-state index in [4.69, 9.17) is 14.9 Å². The molecule has 0 aliphatic carbocycles. The lowest BCUT2D eigenvalue weighted by molar-refractivity contribution is -0.138. The molecule has 0 saturated carbocycles. The second-order valence-electron chi connectivity index (χ2n) is 7.81. The fourth-order valence-corrected chi connectivity index (χ4v) is 3.28. The van der Waals surface area contributed by atoms with Gasteiger partial charge >= 0.3 is 11.9 Å². The molecule has 1 rings (SSSR count). The summed E-state index contributed by atoms with van der Waals surface area (Å²) in [5.74, 6) is -0.845. The van der Waals surface area contributed by atoms with Crippen LogP contribution in [0.25, 0.3) is 0 Å². The quantitative estimate of drug-likeness (QED) is 0.266. The van der Waals surface area contributed by atoms with Crippen LogP contribution in [0.15, 0.2) is 24.3 Å². The van der Waals surface area contributed by atoms with E-state index in [1.807, 2.05) is 24.3 Å². The number of benzene rings is 1. The average molecular weight is 436 g/mol. The highest BCUT2D eigenvalue weighted by molar-refractivity contribution is 5.75. The van der Waals surface area contributed by atoms with Gasteiger partial charge in [0, 0.05) is 31.4 Å². The van der Waals surface area contributed by atoms with E-state index in [1.165, 1.54) is 6.42 Å². The van der Waals surface area contributed by atoms with E-state index < -0.39 is 11.9 Å². The van der Waals surface area contributed by atoms with Gasteiger partial charge < -0.3 is 20.3 Å². The van der Waals surface area contributed by atoms with Crippen molar-refractivity contribution >= 4 is 17.8 Å². The minimum absolute atomic E-state index is 0.0270. The zero-order valence-corrected chi connectivity index (χ0v) is 18.4. The van der Waals surface area contributed by atoms with Crippen LogP contribution in [0, 0.1) is 0 Å². The van der Waals surface area contributed by atoms with E-state index in [-0.39, 0.29) is 18.7 Å². The van der Waals surface area contributed by atoms with Gasteiger partial charge in [0.1, 0.15) is 5.75 Å². The lowest BCUT2D eigenvalue weighted by Gasteiger charge is -2.12. The third kappa shape index (κ3) is 15.0. The van der Waals surface area contributed by atoms with Crippen LogP contribution in [0.1, 0.15) is 89.0 Å². The van der Waals surface area contributed by atoms with Crippen molar-refractivity contribution in [1.82, 2.24) is 5.32 Å². The third-order valence-corrected chi connectivity index (χ3v) is 5.04. The third-order valence-electron chi connectivity index (χ3n) is 5.04. The van der Waals surface area contributed by atoms with Gasteiger partial charge in [-0.05, 0) is 25.3 Å². The Morgan fingerprint density at radius 3 is 1.84 bits per heavy atom. The van der Waals surface area contributed by atoms with Crippen LogP contribution in [0.5, 0.6) is 5.75 Å². The van der Waals surface area contributed by atoms with Crippen molar-refractivity contribution in [1.29, 1.82) is 0 Å². The first kappa shape index (κ1) is 26.5. The molecule has 31 heavy (non-hydrogen) atoms. The first-order chi connectivity index (χ1) is 15.0. The molecule has 0 radical (unpaired) electrons. The Bertz CT molecular complexity index is 661. The zero-order chi connectivity index (χ0) is 22.7. The number of amides is 1. The maximum Gasteiger partial charge on any atom is 0.303 e. The fraction of sp³-hybridized carbons (Fsp3) is 0.625. The molecule has 0 atom stereocenters. The number of carbonyl (C=O) groups excluding carboxylic acids is 1. The van der Waals surface area contributed by atoms with Crippen LogP contribution in [0.2, 0.25) is 0 Å². The maximum atomic E-state index is 12.1. The van der Waals surface area contributed by atoms with Gasteiger partial charge in [-0.1, -0.05) is 63.1 Å².